The summed E-state index contributed by atoms with van der Waals surface area (Å²) in [6.07, 6.45) is 1.76. The predicted molar refractivity (Wildman–Crippen MR) is 88.1 cm³/mol. The van der Waals surface area contributed by atoms with Crippen LogP contribution in [0.3, 0.4) is 0 Å². The van der Waals surface area contributed by atoms with Crippen LogP contribution in [0.1, 0.15) is 13.3 Å². The highest BCUT2D eigenvalue weighted by Crippen LogP contribution is 2.24. The number of aromatic nitrogens is 2. The zero-order valence-electron chi connectivity index (χ0n) is 12.7. The zero-order chi connectivity index (χ0) is 16.9. The molecule has 3 rings (SSSR count). The molecule has 122 valence electrons. The van der Waals surface area contributed by atoms with E-state index in [1.54, 1.807) is 49.4 Å². The number of hydrogen-bond donors (Lipinski definition) is 0. The number of rotatable bonds is 5. The summed E-state index contributed by atoms with van der Waals surface area (Å²) in [5.41, 5.74) is 1.37. The smallest absolute Gasteiger partial charge is 0.355 e. The fraction of sp³-hybridized carbons (Fsp3) is 0.118. The molecule has 2 aromatic carbocycles. The van der Waals surface area contributed by atoms with Gasteiger partial charge in [-0.05, 0) is 42.5 Å². The van der Waals surface area contributed by atoms with Crippen molar-refractivity contribution >= 4 is 28.6 Å². The Labute approximate surface area is 142 Å². The SMILES string of the molecule is CCC(=O)OOc1ccc(Oc2cnc3cc(Cl)ccc3n2)cc1. The van der Waals surface area contributed by atoms with Crippen molar-refractivity contribution in [1.82, 2.24) is 9.97 Å². The molecule has 24 heavy (non-hydrogen) atoms. The molecule has 0 spiro atoms. The van der Waals surface area contributed by atoms with Crippen LogP contribution in [0.4, 0.5) is 0 Å². The molecule has 0 unspecified atom stereocenters. The Bertz CT molecular complexity index is 868. The minimum atomic E-state index is -0.443. The molecule has 7 heteroatoms. The Kier molecular flexibility index (Phi) is 4.77. The molecule has 0 aliphatic rings. The van der Waals surface area contributed by atoms with E-state index in [4.69, 9.17) is 21.2 Å². The van der Waals surface area contributed by atoms with Gasteiger partial charge in [0.2, 0.25) is 5.88 Å². The molecule has 0 aliphatic carbocycles. The van der Waals surface area contributed by atoms with Crippen LogP contribution in [-0.2, 0) is 9.68 Å². The van der Waals surface area contributed by atoms with E-state index in [1.165, 1.54) is 6.20 Å². The number of benzene rings is 2. The lowest BCUT2D eigenvalue weighted by molar-refractivity contribution is -0.213. The number of fused-ring (bicyclic) bond motifs is 1. The lowest BCUT2D eigenvalue weighted by Crippen LogP contribution is -2.05. The first-order valence-corrected chi connectivity index (χ1v) is 7.59. The van der Waals surface area contributed by atoms with Gasteiger partial charge in [-0.25, -0.2) is 14.8 Å². The zero-order valence-corrected chi connectivity index (χ0v) is 13.5. The van der Waals surface area contributed by atoms with Crippen LogP contribution in [0.5, 0.6) is 17.4 Å². The van der Waals surface area contributed by atoms with Crippen molar-refractivity contribution in [3.05, 3.63) is 53.7 Å². The third-order valence-electron chi connectivity index (χ3n) is 3.05. The molecule has 0 radical (unpaired) electrons. The molecule has 0 aliphatic heterocycles. The second kappa shape index (κ2) is 7.14. The van der Waals surface area contributed by atoms with Gasteiger partial charge in [-0.15, -0.1) is 0 Å². The lowest BCUT2D eigenvalue weighted by Gasteiger charge is -2.07. The molecule has 0 fully saturated rings. The maximum atomic E-state index is 11.0. The summed E-state index contributed by atoms with van der Waals surface area (Å²) in [5.74, 6) is 0.855. The Hall–Kier alpha value is -2.86. The summed E-state index contributed by atoms with van der Waals surface area (Å²) in [7, 11) is 0. The van der Waals surface area contributed by atoms with Gasteiger partial charge in [0.25, 0.3) is 0 Å². The summed E-state index contributed by atoms with van der Waals surface area (Å²) >= 11 is 5.92. The van der Waals surface area contributed by atoms with Crippen molar-refractivity contribution < 1.29 is 19.3 Å². The quantitative estimate of drug-likeness (QED) is 0.507. The molecule has 0 N–H and O–H groups in total. The van der Waals surface area contributed by atoms with E-state index in [1.807, 2.05) is 0 Å². The second-order valence-electron chi connectivity index (χ2n) is 4.81. The number of ether oxygens (including phenoxy) is 1. The van der Waals surface area contributed by atoms with Crippen molar-refractivity contribution in [3.8, 4) is 17.4 Å². The first-order chi connectivity index (χ1) is 11.6. The van der Waals surface area contributed by atoms with Crippen molar-refractivity contribution in [2.45, 2.75) is 13.3 Å². The van der Waals surface area contributed by atoms with Crippen LogP contribution in [0.15, 0.2) is 48.7 Å². The van der Waals surface area contributed by atoms with E-state index >= 15 is 0 Å². The van der Waals surface area contributed by atoms with Gasteiger partial charge in [0.05, 0.1) is 17.2 Å². The molecule has 0 atom stereocenters. The lowest BCUT2D eigenvalue weighted by atomic mass is 10.3. The molecule has 0 saturated heterocycles. The van der Waals surface area contributed by atoms with Crippen LogP contribution >= 0.6 is 11.6 Å². The number of halogens is 1. The van der Waals surface area contributed by atoms with Gasteiger partial charge in [-0.3, -0.25) is 9.78 Å². The van der Waals surface area contributed by atoms with Gasteiger partial charge in [-0.1, -0.05) is 18.5 Å². The third-order valence-corrected chi connectivity index (χ3v) is 3.28. The van der Waals surface area contributed by atoms with E-state index in [-0.39, 0.29) is 6.42 Å². The standard InChI is InChI=1S/C17H13ClN2O4/c1-2-17(21)24-23-13-6-4-12(5-7-13)22-16-10-19-15-9-11(18)3-8-14(15)20-16/h3-10H,2H2,1H3. The first kappa shape index (κ1) is 16.0. The number of nitrogens with zero attached hydrogens (tertiary/aromatic N) is 2. The number of carbonyl (C=O) groups is 1. The number of hydrogen-bond acceptors (Lipinski definition) is 6. The molecular formula is C17H13ClN2O4. The Balaban J connectivity index is 1.69. The van der Waals surface area contributed by atoms with Gasteiger partial charge < -0.3 is 4.74 Å². The van der Waals surface area contributed by atoms with E-state index < -0.39 is 5.97 Å². The Morgan fingerprint density at radius 3 is 2.58 bits per heavy atom. The average Bonchev–Trinajstić information content (AvgIpc) is 2.61. The normalized spacial score (nSPS) is 10.4. The fourth-order valence-corrected chi connectivity index (χ4v) is 2.02. The highest BCUT2D eigenvalue weighted by molar-refractivity contribution is 6.31. The maximum absolute atomic E-state index is 11.0. The molecule has 0 bridgehead atoms. The van der Waals surface area contributed by atoms with Crippen LogP contribution in [0.2, 0.25) is 5.02 Å². The van der Waals surface area contributed by atoms with E-state index in [0.29, 0.717) is 33.4 Å². The highest BCUT2D eigenvalue weighted by Gasteiger charge is 2.05. The van der Waals surface area contributed by atoms with Crippen molar-refractivity contribution in [3.63, 3.8) is 0 Å². The Morgan fingerprint density at radius 2 is 1.83 bits per heavy atom. The van der Waals surface area contributed by atoms with Crippen LogP contribution in [0, 0.1) is 0 Å². The van der Waals surface area contributed by atoms with Crippen molar-refractivity contribution in [1.29, 1.82) is 0 Å². The van der Waals surface area contributed by atoms with E-state index in [9.17, 15) is 4.79 Å². The summed E-state index contributed by atoms with van der Waals surface area (Å²) in [6.45, 7) is 1.68. The maximum Gasteiger partial charge on any atom is 0.355 e. The van der Waals surface area contributed by atoms with Crippen LogP contribution < -0.4 is 9.62 Å². The summed E-state index contributed by atoms with van der Waals surface area (Å²) in [4.78, 5) is 29.1. The van der Waals surface area contributed by atoms with Crippen LogP contribution in [0.25, 0.3) is 11.0 Å². The predicted octanol–water partition coefficient (Wildman–Crippen LogP) is 4.32. The van der Waals surface area contributed by atoms with Gasteiger partial charge >= 0.3 is 5.97 Å². The third kappa shape index (κ3) is 3.91. The monoisotopic (exact) mass is 344 g/mol. The minimum Gasteiger partial charge on any atom is -0.437 e. The van der Waals surface area contributed by atoms with Crippen molar-refractivity contribution in [2.24, 2.45) is 0 Å². The summed E-state index contributed by atoms with van der Waals surface area (Å²) in [6, 6.07) is 11.8. The topological polar surface area (TPSA) is 70.5 Å². The minimum absolute atomic E-state index is 0.243. The molecule has 1 heterocycles. The molecule has 0 saturated carbocycles. The molecule has 1 aromatic heterocycles. The highest BCUT2D eigenvalue weighted by atomic mass is 35.5. The van der Waals surface area contributed by atoms with Gasteiger partial charge in [0.15, 0.2) is 5.75 Å². The van der Waals surface area contributed by atoms with Gasteiger partial charge in [-0.2, -0.15) is 0 Å². The molecule has 3 aromatic rings. The van der Waals surface area contributed by atoms with E-state index in [0.717, 1.165) is 0 Å². The largest absolute Gasteiger partial charge is 0.437 e. The first-order valence-electron chi connectivity index (χ1n) is 7.21. The summed E-state index contributed by atoms with van der Waals surface area (Å²) in [5, 5.41) is 0.602. The molecule has 6 nitrogen and oxygen atoms in total. The second-order valence-corrected chi connectivity index (χ2v) is 5.24. The molecule has 0 amide bonds. The van der Waals surface area contributed by atoms with Gasteiger partial charge in [0, 0.05) is 11.4 Å². The summed E-state index contributed by atoms with van der Waals surface area (Å²) < 4.78 is 5.65. The van der Waals surface area contributed by atoms with Gasteiger partial charge in [0.1, 0.15) is 5.75 Å². The Morgan fingerprint density at radius 1 is 1.08 bits per heavy atom. The van der Waals surface area contributed by atoms with E-state index in [2.05, 4.69) is 14.9 Å². The number of carbonyl (C=O) groups excluding carboxylic acids is 1. The van der Waals surface area contributed by atoms with Crippen molar-refractivity contribution in [2.75, 3.05) is 0 Å². The average molecular weight is 345 g/mol. The fourth-order valence-electron chi connectivity index (χ4n) is 1.85. The van der Waals surface area contributed by atoms with Crippen LogP contribution in [-0.4, -0.2) is 15.9 Å². The molecular weight excluding hydrogens is 332 g/mol.